The summed E-state index contributed by atoms with van der Waals surface area (Å²) in [6, 6.07) is 0. The molecule has 13 heavy (non-hydrogen) atoms. The van der Waals surface area contributed by atoms with E-state index in [1.165, 1.54) is 0 Å². The quantitative estimate of drug-likeness (QED) is 0.686. The molecule has 0 fully saturated rings. The average Bonchev–Trinajstić information content (AvgIpc) is 2.50. The van der Waals surface area contributed by atoms with E-state index in [2.05, 4.69) is 10.3 Å². The first-order chi connectivity index (χ1) is 6.22. The van der Waals surface area contributed by atoms with Gasteiger partial charge in [0, 0.05) is 32.2 Å². The maximum atomic E-state index is 10.6. The zero-order valence-corrected chi connectivity index (χ0v) is 7.60. The lowest BCUT2D eigenvalue weighted by Crippen LogP contribution is -2.03. The van der Waals surface area contributed by atoms with Gasteiger partial charge in [-0.1, -0.05) is 5.21 Å². The zero-order valence-electron chi connectivity index (χ0n) is 7.60. The Hall–Kier alpha value is -1.23. The molecule has 0 aliphatic heterocycles. The van der Waals surface area contributed by atoms with E-state index in [-0.39, 0.29) is 12.4 Å². The van der Waals surface area contributed by atoms with Gasteiger partial charge in [0.2, 0.25) is 0 Å². The zero-order chi connectivity index (χ0) is 9.68. The standard InChI is InChI=1S/C8H13N3O2/c1-7(13)2-4-11-6-8(3-5-12)9-10-11/h6,12H,2-5H2,1H3. The molecule has 0 amide bonds. The number of aliphatic hydroxyl groups excluding tert-OH is 1. The molecule has 72 valence electrons. The van der Waals surface area contributed by atoms with Gasteiger partial charge in [0.25, 0.3) is 0 Å². The van der Waals surface area contributed by atoms with Crippen LogP contribution in [0.5, 0.6) is 0 Å². The van der Waals surface area contributed by atoms with Crippen LogP contribution in [0.15, 0.2) is 6.20 Å². The third-order valence-corrected chi connectivity index (χ3v) is 1.65. The maximum absolute atomic E-state index is 10.6. The summed E-state index contributed by atoms with van der Waals surface area (Å²) in [5, 5.41) is 16.3. The smallest absolute Gasteiger partial charge is 0.131 e. The molecule has 1 aromatic rings. The molecule has 0 aromatic carbocycles. The lowest BCUT2D eigenvalue weighted by Gasteiger charge is -1.94. The number of hydrogen-bond acceptors (Lipinski definition) is 4. The van der Waals surface area contributed by atoms with E-state index in [9.17, 15) is 4.79 Å². The number of carbonyl (C=O) groups is 1. The summed E-state index contributed by atoms with van der Waals surface area (Å²) in [5.74, 6) is 0.138. The van der Waals surface area contributed by atoms with Crippen molar-refractivity contribution in [1.82, 2.24) is 15.0 Å². The predicted octanol–water partition coefficient (Wildman–Crippen LogP) is -0.208. The molecule has 0 atom stereocenters. The monoisotopic (exact) mass is 183 g/mol. The second-order valence-electron chi connectivity index (χ2n) is 2.90. The van der Waals surface area contributed by atoms with Gasteiger partial charge >= 0.3 is 0 Å². The number of aromatic nitrogens is 3. The summed E-state index contributed by atoms with van der Waals surface area (Å²) >= 11 is 0. The van der Waals surface area contributed by atoms with E-state index in [0.717, 1.165) is 5.69 Å². The Labute approximate surface area is 76.4 Å². The maximum Gasteiger partial charge on any atom is 0.131 e. The second-order valence-corrected chi connectivity index (χ2v) is 2.90. The van der Waals surface area contributed by atoms with Crippen LogP contribution in [0.1, 0.15) is 19.0 Å². The van der Waals surface area contributed by atoms with Crippen LogP contribution in [0.2, 0.25) is 0 Å². The Morgan fingerprint density at radius 3 is 3.08 bits per heavy atom. The van der Waals surface area contributed by atoms with Crippen molar-refractivity contribution < 1.29 is 9.90 Å². The minimum Gasteiger partial charge on any atom is -0.396 e. The molecule has 0 saturated heterocycles. The number of ketones is 1. The van der Waals surface area contributed by atoms with Crippen molar-refractivity contribution in [3.8, 4) is 0 Å². The fourth-order valence-corrected chi connectivity index (χ4v) is 0.949. The third-order valence-electron chi connectivity index (χ3n) is 1.65. The Bertz CT molecular complexity index is 283. The molecule has 1 N–H and O–H groups in total. The van der Waals surface area contributed by atoms with E-state index >= 15 is 0 Å². The minimum atomic E-state index is 0.0748. The van der Waals surface area contributed by atoms with Crippen molar-refractivity contribution in [2.75, 3.05) is 6.61 Å². The Kier molecular flexibility index (Phi) is 3.57. The van der Waals surface area contributed by atoms with Gasteiger partial charge in [-0.3, -0.25) is 9.48 Å². The van der Waals surface area contributed by atoms with Gasteiger partial charge in [-0.2, -0.15) is 0 Å². The molecule has 0 unspecified atom stereocenters. The van der Waals surface area contributed by atoms with Gasteiger partial charge in [0.1, 0.15) is 5.78 Å². The van der Waals surface area contributed by atoms with E-state index in [0.29, 0.717) is 19.4 Å². The van der Waals surface area contributed by atoms with Crippen LogP contribution < -0.4 is 0 Å². The second kappa shape index (κ2) is 4.71. The first-order valence-electron chi connectivity index (χ1n) is 4.21. The summed E-state index contributed by atoms with van der Waals surface area (Å²) < 4.78 is 1.62. The first kappa shape index (κ1) is 9.85. The molecule has 5 heteroatoms. The predicted molar refractivity (Wildman–Crippen MR) is 46.1 cm³/mol. The molecule has 1 aromatic heterocycles. The third kappa shape index (κ3) is 3.33. The van der Waals surface area contributed by atoms with E-state index in [1.54, 1.807) is 17.8 Å². The fraction of sp³-hybridized carbons (Fsp3) is 0.625. The SMILES string of the molecule is CC(=O)CCn1cc(CCO)nn1. The first-order valence-corrected chi connectivity index (χ1v) is 4.21. The highest BCUT2D eigenvalue weighted by atomic mass is 16.3. The minimum absolute atomic E-state index is 0.0748. The Balaban J connectivity index is 2.44. The Morgan fingerprint density at radius 2 is 2.46 bits per heavy atom. The molecular weight excluding hydrogens is 170 g/mol. The van der Waals surface area contributed by atoms with Crippen LogP contribution in [0, 0.1) is 0 Å². The molecule has 0 aliphatic carbocycles. The average molecular weight is 183 g/mol. The van der Waals surface area contributed by atoms with Gasteiger partial charge in [-0.25, -0.2) is 0 Å². The summed E-state index contributed by atoms with van der Waals surface area (Å²) in [4.78, 5) is 10.6. The summed E-state index contributed by atoms with van der Waals surface area (Å²) in [5.41, 5.74) is 0.756. The molecule has 0 bridgehead atoms. The van der Waals surface area contributed by atoms with Crippen LogP contribution in [-0.2, 0) is 17.8 Å². The molecular formula is C8H13N3O2. The molecule has 1 rings (SSSR count). The molecule has 0 spiro atoms. The lowest BCUT2D eigenvalue weighted by atomic mass is 10.3. The molecule has 0 radical (unpaired) electrons. The van der Waals surface area contributed by atoms with Gasteiger partial charge in [0.05, 0.1) is 5.69 Å². The number of hydrogen-bond donors (Lipinski definition) is 1. The Morgan fingerprint density at radius 1 is 1.69 bits per heavy atom. The largest absolute Gasteiger partial charge is 0.396 e. The normalized spacial score (nSPS) is 10.3. The van der Waals surface area contributed by atoms with Crippen molar-refractivity contribution in [2.24, 2.45) is 0 Å². The van der Waals surface area contributed by atoms with Crippen LogP contribution in [0.4, 0.5) is 0 Å². The number of aryl methyl sites for hydroxylation is 1. The van der Waals surface area contributed by atoms with Gasteiger partial charge in [-0.15, -0.1) is 5.10 Å². The van der Waals surface area contributed by atoms with Crippen molar-refractivity contribution in [1.29, 1.82) is 0 Å². The van der Waals surface area contributed by atoms with Crippen LogP contribution in [0.25, 0.3) is 0 Å². The highest BCUT2D eigenvalue weighted by Crippen LogP contribution is 1.95. The number of aliphatic hydroxyl groups is 1. The van der Waals surface area contributed by atoms with E-state index in [1.807, 2.05) is 0 Å². The van der Waals surface area contributed by atoms with Crippen molar-refractivity contribution in [3.63, 3.8) is 0 Å². The highest BCUT2D eigenvalue weighted by molar-refractivity contribution is 5.75. The van der Waals surface area contributed by atoms with E-state index in [4.69, 9.17) is 5.11 Å². The number of rotatable bonds is 5. The number of nitrogens with zero attached hydrogens (tertiary/aromatic N) is 3. The van der Waals surface area contributed by atoms with E-state index < -0.39 is 0 Å². The number of carbonyl (C=O) groups excluding carboxylic acids is 1. The fourth-order valence-electron chi connectivity index (χ4n) is 0.949. The van der Waals surface area contributed by atoms with Crippen molar-refractivity contribution in [2.45, 2.75) is 26.3 Å². The molecule has 1 heterocycles. The molecule has 0 saturated carbocycles. The lowest BCUT2D eigenvalue weighted by molar-refractivity contribution is -0.117. The van der Waals surface area contributed by atoms with Gasteiger partial charge < -0.3 is 5.11 Å². The van der Waals surface area contributed by atoms with Crippen molar-refractivity contribution in [3.05, 3.63) is 11.9 Å². The highest BCUT2D eigenvalue weighted by Gasteiger charge is 2.00. The van der Waals surface area contributed by atoms with Gasteiger partial charge in [0.15, 0.2) is 0 Å². The number of Topliss-reactive ketones (excluding diaryl/α,β-unsaturated/α-hetero) is 1. The summed E-state index contributed by atoms with van der Waals surface area (Å²) in [6.45, 7) is 2.19. The van der Waals surface area contributed by atoms with Crippen LogP contribution in [0.3, 0.4) is 0 Å². The van der Waals surface area contributed by atoms with Gasteiger partial charge in [-0.05, 0) is 6.92 Å². The summed E-state index contributed by atoms with van der Waals surface area (Å²) in [6.07, 6.45) is 2.74. The van der Waals surface area contributed by atoms with Crippen molar-refractivity contribution >= 4 is 5.78 Å². The topological polar surface area (TPSA) is 68.0 Å². The summed E-state index contributed by atoms with van der Waals surface area (Å²) in [7, 11) is 0. The molecule has 0 aliphatic rings. The molecule has 5 nitrogen and oxygen atoms in total. The van der Waals surface area contributed by atoms with Crippen LogP contribution >= 0.6 is 0 Å². The van der Waals surface area contributed by atoms with Crippen LogP contribution in [-0.4, -0.2) is 32.5 Å².